The Morgan fingerprint density at radius 1 is 1.03 bits per heavy atom. The predicted octanol–water partition coefficient (Wildman–Crippen LogP) is 5.54. The minimum Gasteiger partial charge on any atom is -0.340 e. The van der Waals surface area contributed by atoms with Crippen LogP contribution in [0.2, 0.25) is 5.02 Å². The molecule has 0 bridgehead atoms. The Labute approximate surface area is 238 Å². The Kier molecular flexibility index (Phi) is 9.27. The molecule has 3 fully saturated rings. The highest BCUT2D eigenvalue weighted by Gasteiger charge is 2.43. The fraction of sp³-hybridized carbons (Fsp3) is 0.594. The number of hydrogen-bond acceptors (Lipinski definition) is 4. The van der Waals surface area contributed by atoms with Gasteiger partial charge in [-0.25, -0.2) is 4.39 Å². The summed E-state index contributed by atoms with van der Waals surface area (Å²) in [4.78, 5) is 21.2. The lowest BCUT2D eigenvalue weighted by atomic mass is 9.79. The zero-order valence-corrected chi connectivity index (χ0v) is 24.3. The molecule has 212 valence electrons. The molecule has 1 aliphatic carbocycles. The third-order valence-electron chi connectivity index (χ3n) is 9.41. The van der Waals surface area contributed by atoms with Gasteiger partial charge in [-0.1, -0.05) is 55.1 Å². The van der Waals surface area contributed by atoms with Crippen molar-refractivity contribution in [3.8, 4) is 0 Å². The molecule has 1 N–H and O–H groups in total. The average molecular weight is 555 g/mol. The van der Waals surface area contributed by atoms with Crippen molar-refractivity contribution in [1.29, 1.82) is 0 Å². The van der Waals surface area contributed by atoms with E-state index in [0.29, 0.717) is 18.5 Å². The molecule has 2 saturated heterocycles. The fourth-order valence-electron chi connectivity index (χ4n) is 7.09. The van der Waals surface area contributed by atoms with Crippen molar-refractivity contribution in [2.24, 2.45) is 5.92 Å². The van der Waals surface area contributed by atoms with Gasteiger partial charge in [-0.2, -0.15) is 0 Å². The van der Waals surface area contributed by atoms with Gasteiger partial charge in [-0.05, 0) is 62.1 Å². The van der Waals surface area contributed by atoms with E-state index in [0.717, 1.165) is 56.4 Å². The summed E-state index contributed by atoms with van der Waals surface area (Å²) in [7, 11) is 0. The Morgan fingerprint density at radius 3 is 2.41 bits per heavy atom. The van der Waals surface area contributed by atoms with E-state index in [9.17, 15) is 9.18 Å². The summed E-state index contributed by atoms with van der Waals surface area (Å²) in [5.74, 6) is 0.308. The Hall–Kier alpha value is -1.99. The number of carbonyl (C=O) groups excluding carboxylic acids is 1. The number of likely N-dealkylation sites (tertiary alicyclic amines) is 1. The van der Waals surface area contributed by atoms with E-state index >= 15 is 0 Å². The lowest BCUT2D eigenvalue weighted by Crippen LogP contribution is -2.62. The van der Waals surface area contributed by atoms with Gasteiger partial charge in [0.1, 0.15) is 5.82 Å². The molecule has 0 unspecified atom stereocenters. The van der Waals surface area contributed by atoms with Gasteiger partial charge in [0.25, 0.3) is 0 Å². The van der Waals surface area contributed by atoms with Crippen molar-refractivity contribution >= 4 is 17.5 Å². The largest absolute Gasteiger partial charge is 0.340 e. The lowest BCUT2D eigenvalue weighted by Gasteiger charge is -2.50. The first-order valence-corrected chi connectivity index (χ1v) is 15.2. The molecule has 2 aliphatic heterocycles. The van der Waals surface area contributed by atoms with Crippen LogP contribution in [0.1, 0.15) is 63.0 Å². The average Bonchev–Trinajstić information content (AvgIpc) is 3.40. The summed E-state index contributed by atoms with van der Waals surface area (Å²) in [6.07, 6.45) is 6.15. The molecule has 3 aliphatic rings. The van der Waals surface area contributed by atoms with E-state index in [2.05, 4.69) is 46.0 Å². The van der Waals surface area contributed by atoms with Crippen molar-refractivity contribution in [3.63, 3.8) is 0 Å². The number of nitrogens with zero attached hydrogens (tertiary/aromatic N) is 3. The molecule has 0 aromatic heterocycles. The van der Waals surface area contributed by atoms with E-state index < -0.39 is 0 Å². The Morgan fingerprint density at radius 2 is 1.74 bits per heavy atom. The Bertz CT molecular complexity index is 1100. The highest BCUT2D eigenvalue weighted by Crippen LogP contribution is 2.37. The standard InChI is InChI=1S/C32H44ClFN4O/c1-24(2)37-21-29(26-9-11-27(33)12-10-26)30(22-37)31(39)36-15-17-38(18-16-36)32(13-4-3-5-14-32)23-35-20-25-7-6-8-28(34)19-25/h6-12,19,24,29-30,35H,3-5,13-18,20-23H2,1-2H3/t29-,30+/m1/s1. The highest BCUT2D eigenvalue weighted by molar-refractivity contribution is 6.30. The molecule has 39 heavy (non-hydrogen) atoms. The number of rotatable bonds is 8. The van der Waals surface area contributed by atoms with Gasteiger partial charge in [0, 0.05) is 74.9 Å². The normalized spacial score (nSPS) is 24.4. The van der Waals surface area contributed by atoms with Crippen LogP contribution < -0.4 is 5.32 Å². The van der Waals surface area contributed by atoms with Crippen LogP contribution >= 0.6 is 11.6 Å². The van der Waals surface area contributed by atoms with Crippen molar-refractivity contribution in [3.05, 3.63) is 70.5 Å². The number of amides is 1. The quantitative estimate of drug-likeness (QED) is 0.465. The molecule has 7 heteroatoms. The molecular weight excluding hydrogens is 511 g/mol. The number of carbonyl (C=O) groups is 1. The molecule has 2 aromatic rings. The fourth-order valence-corrected chi connectivity index (χ4v) is 7.22. The summed E-state index contributed by atoms with van der Waals surface area (Å²) in [6, 6.07) is 15.4. The molecule has 0 radical (unpaired) electrons. The molecular formula is C32H44ClFN4O. The van der Waals surface area contributed by atoms with Gasteiger partial charge in [-0.3, -0.25) is 14.6 Å². The minimum absolute atomic E-state index is 0.0169. The summed E-state index contributed by atoms with van der Waals surface area (Å²) in [5, 5.41) is 4.39. The summed E-state index contributed by atoms with van der Waals surface area (Å²) >= 11 is 6.17. The van der Waals surface area contributed by atoms with Gasteiger partial charge < -0.3 is 10.2 Å². The van der Waals surface area contributed by atoms with Gasteiger partial charge in [0.15, 0.2) is 0 Å². The summed E-state index contributed by atoms with van der Waals surface area (Å²) < 4.78 is 13.7. The minimum atomic E-state index is -0.181. The topological polar surface area (TPSA) is 38.8 Å². The first kappa shape index (κ1) is 28.5. The number of benzene rings is 2. The molecule has 2 heterocycles. The second-order valence-electron chi connectivity index (χ2n) is 12.1. The van der Waals surface area contributed by atoms with E-state index in [4.69, 9.17) is 11.6 Å². The number of piperazine rings is 1. The van der Waals surface area contributed by atoms with E-state index in [1.807, 2.05) is 18.2 Å². The zero-order chi connectivity index (χ0) is 27.4. The third-order valence-corrected chi connectivity index (χ3v) is 9.66. The molecule has 2 atom stereocenters. The van der Waals surface area contributed by atoms with Crippen LogP contribution in [0.25, 0.3) is 0 Å². The lowest BCUT2D eigenvalue weighted by molar-refractivity contribution is -0.138. The van der Waals surface area contributed by atoms with Crippen molar-refractivity contribution in [1.82, 2.24) is 20.0 Å². The van der Waals surface area contributed by atoms with Gasteiger partial charge >= 0.3 is 0 Å². The summed E-state index contributed by atoms with van der Waals surface area (Å²) in [5.41, 5.74) is 2.32. The van der Waals surface area contributed by atoms with E-state index in [-0.39, 0.29) is 23.2 Å². The molecule has 2 aromatic carbocycles. The maximum atomic E-state index is 14.0. The second-order valence-corrected chi connectivity index (χ2v) is 12.6. The van der Waals surface area contributed by atoms with Crippen LogP contribution in [0.4, 0.5) is 4.39 Å². The monoisotopic (exact) mass is 554 g/mol. The third kappa shape index (κ3) is 6.67. The van der Waals surface area contributed by atoms with Crippen molar-refractivity contribution < 1.29 is 9.18 Å². The molecule has 1 amide bonds. The smallest absolute Gasteiger partial charge is 0.227 e. The SMILES string of the molecule is CC(C)N1C[C@H](C(=O)N2CCN(C3(CNCc4cccc(F)c4)CCCCC3)CC2)[C@@H](c2ccc(Cl)cc2)C1. The molecule has 1 saturated carbocycles. The first-order chi connectivity index (χ1) is 18.8. The van der Waals surface area contributed by atoms with Crippen LogP contribution in [0.5, 0.6) is 0 Å². The highest BCUT2D eigenvalue weighted by atomic mass is 35.5. The van der Waals surface area contributed by atoms with Gasteiger partial charge in [0.05, 0.1) is 5.92 Å². The second kappa shape index (κ2) is 12.7. The first-order valence-electron chi connectivity index (χ1n) is 14.8. The van der Waals surface area contributed by atoms with Crippen molar-refractivity contribution in [2.75, 3.05) is 45.8 Å². The van der Waals surface area contributed by atoms with Gasteiger partial charge in [0.2, 0.25) is 5.91 Å². The van der Waals surface area contributed by atoms with Crippen LogP contribution in [-0.2, 0) is 11.3 Å². The molecule has 5 nitrogen and oxygen atoms in total. The summed E-state index contributed by atoms with van der Waals surface area (Å²) in [6.45, 7) is 11.2. The van der Waals surface area contributed by atoms with Crippen LogP contribution in [0.15, 0.2) is 48.5 Å². The van der Waals surface area contributed by atoms with Crippen LogP contribution in [-0.4, -0.2) is 78.0 Å². The van der Waals surface area contributed by atoms with E-state index in [1.54, 1.807) is 12.1 Å². The maximum absolute atomic E-state index is 14.0. The molecule has 5 rings (SSSR count). The Balaban J connectivity index is 1.22. The number of hydrogen-bond donors (Lipinski definition) is 1. The van der Waals surface area contributed by atoms with E-state index in [1.165, 1.54) is 43.7 Å². The number of halogens is 2. The zero-order valence-electron chi connectivity index (χ0n) is 23.5. The van der Waals surface area contributed by atoms with Crippen LogP contribution in [0.3, 0.4) is 0 Å². The molecule has 0 spiro atoms. The predicted molar refractivity (Wildman–Crippen MR) is 156 cm³/mol. The van der Waals surface area contributed by atoms with Gasteiger partial charge in [-0.15, -0.1) is 0 Å². The van der Waals surface area contributed by atoms with Crippen LogP contribution in [0, 0.1) is 11.7 Å². The maximum Gasteiger partial charge on any atom is 0.227 e. The number of nitrogens with one attached hydrogen (secondary N) is 1. The van der Waals surface area contributed by atoms with Crippen molar-refractivity contribution in [2.45, 2.75) is 70.0 Å².